The van der Waals surface area contributed by atoms with E-state index in [9.17, 15) is 4.21 Å². The molecule has 3 N–H and O–H groups in total. The zero-order chi connectivity index (χ0) is 9.84. The molecule has 0 heterocycles. The van der Waals surface area contributed by atoms with Crippen LogP contribution >= 0.6 is 0 Å². The number of rotatable bonds is 3. The van der Waals surface area contributed by atoms with Gasteiger partial charge in [-0.05, 0) is 24.6 Å². The summed E-state index contributed by atoms with van der Waals surface area (Å²) in [6.07, 6.45) is 0. The fourth-order valence-electron chi connectivity index (χ4n) is 0.944. The number of benzene rings is 1. The summed E-state index contributed by atoms with van der Waals surface area (Å²) in [6, 6.07) is 5.53. The lowest BCUT2D eigenvalue weighted by atomic mass is 10.2. The lowest BCUT2D eigenvalue weighted by molar-refractivity contribution is 0.687. The van der Waals surface area contributed by atoms with Crippen molar-refractivity contribution in [1.29, 1.82) is 0 Å². The molecule has 1 atom stereocenters. The van der Waals surface area contributed by atoms with Gasteiger partial charge in [-0.25, -0.2) is 4.21 Å². The number of hydrogen-bond donors (Lipinski definition) is 2. The van der Waals surface area contributed by atoms with E-state index in [4.69, 9.17) is 5.73 Å². The molecule has 0 spiro atoms. The molecular weight excluding hydrogens is 184 g/mol. The SMILES string of the molecule is CCS(=O)Nc1cc(N)ccc1C. The third-order valence-electron chi connectivity index (χ3n) is 1.75. The van der Waals surface area contributed by atoms with Crippen molar-refractivity contribution in [2.24, 2.45) is 0 Å². The molecule has 0 aliphatic rings. The second kappa shape index (κ2) is 4.28. The molecular formula is C9H14N2OS. The third-order valence-corrected chi connectivity index (χ3v) is 2.72. The van der Waals surface area contributed by atoms with Crippen molar-refractivity contribution >= 4 is 22.4 Å². The Balaban J connectivity index is 2.87. The Morgan fingerprint density at radius 1 is 1.54 bits per heavy atom. The van der Waals surface area contributed by atoms with Gasteiger partial charge in [0, 0.05) is 11.4 Å². The molecule has 72 valence electrons. The molecule has 1 aromatic rings. The van der Waals surface area contributed by atoms with Gasteiger partial charge in [0.2, 0.25) is 0 Å². The maximum absolute atomic E-state index is 11.2. The van der Waals surface area contributed by atoms with Crippen LogP contribution < -0.4 is 10.5 Å². The van der Waals surface area contributed by atoms with E-state index >= 15 is 0 Å². The number of nitrogens with one attached hydrogen (secondary N) is 1. The van der Waals surface area contributed by atoms with Gasteiger partial charge in [0.25, 0.3) is 0 Å². The quantitative estimate of drug-likeness (QED) is 0.726. The minimum Gasteiger partial charge on any atom is -0.399 e. The number of aryl methyl sites for hydroxylation is 1. The second-order valence-electron chi connectivity index (χ2n) is 2.81. The van der Waals surface area contributed by atoms with Gasteiger partial charge < -0.3 is 10.5 Å². The average Bonchev–Trinajstić information content (AvgIpc) is 2.11. The van der Waals surface area contributed by atoms with Gasteiger partial charge >= 0.3 is 0 Å². The van der Waals surface area contributed by atoms with E-state index in [2.05, 4.69) is 4.72 Å². The van der Waals surface area contributed by atoms with Gasteiger partial charge in [-0.2, -0.15) is 0 Å². The van der Waals surface area contributed by atoms with E-state index in [0.717, 1.165) is 11.3 Å². The van der Waals surface area contributed by atoms with E-state index in [1.54, 1.807) is 6.07 Å². The highest BCUT2D eigenvalue weighted by molar-refractivity contribution is 7.86. The molecule has 13 heavy (non-hydrogen) atoms. The Morgan fingerprint density at radius 3 is 2.85 bits per heavy atom. The van der Waals surface area contributed by atoms with Crippen LogP contribution in [0.15, 0.2) is 18.2 Å². The number of nitrogens with two attached hydrogens (primary N) is 1. The molecule has 1 aromatic carbocycles. The summed E-state index contributed by atoms with van der Waals surface area (Å²) >= 11 is 0. The lowest BCUT2D eigenvalue weighted by Gasteiger charge is -2.08. The first kappa shape index (κ1) is 10.1. The van der Waals surface area contributed by atoms with Gasteiger partial charge in [-0.1, -0.05) is 13.0 Å². The predicted octanol–water partition coefficient (Wildman–Crippen LogP) is 1.67. The molecule has 0 bridgehead atoms. The topological polar surface area (TPSA) is 55.1 Å². The second-order valence-corrected chi connectivity index (χ2v) is 4.28. The van der Waals surface area contributed by atoms with E-state index in [1.807, 2.05) is 26.0 Å². The van der Waals surface area contributed by atoms with Crippen LogP contribution in [0.3, 0.4) is 0 Å². The summed E-state index contributed by atoms with van der Waals surface area (Å²) in [5, 5.41) is 0. The van der Waals surface area contributed by atoms with Crippen LogP contribution in [0, 0.1) is 6.92 Å². The summed E-state index contributed by atoms with van der Waals surface area (Å²) in [5.74, 6) is 0.592. The Kier molecular flexibility index (Phi) is 3.31. The Hall–Kier alpha value is -1.03. The molecule has 0 amide bonds. The van der Waals surface area contributed by atoms with Crippen molar-refractivity contribution in [3.63, 3.8) is 0 Å². The molecule has 0 fully saturated rings. The first-order chi connectivity index (χ1) is 6.13. The van der Waals surface area contributed by atoms with Gasteiger partial charge in [-0.3, -0.25) is 0 Å². The fraction of sp³-hybridized carbons (Fsp3) is 0.333. The highest BCUT2D eigenvalue weighted by atomic mass is 32.2. The monoisotopic (exact) mass is 198 g/mol. The normalized spacial score (nSPS) is 12.5. The molecule has 0 aliphatic carbocycles. The molecule has 1 unspecified atom stereocenters. The number of nitrogen functional groups attached to an aromatic ring is 1. The first-order valence-electron chi connectivity index (χ1n) is 4.14. The average molecular weight is 198 g/mol. The van der Waals surface area contributed by atoms with Crippen LogP contribution in [0.4, 0.5) is 11.4 Å². The van der Waals surface area contributed by atoms with Gasteiger partial charge in [0.05, 0.1) is 5.69 Å². The Morgan fingerprint density at radius 2 is 2.23 bits per heavy atom. The van der Waals surface area contributed by atoms with Gasteiger partial charge in [0.15, 0.2) is 0 Å². The molecule has 4 heteroatoms. The van der Waals surface area contributed by atoms with E-state index in [-0.39, 0.29) is 0 Å². The Labute approximate surface area is 80.9 Å². The van der Waals surface area contributed by atoms with E-state index < -0.39 is 11.0 Å². The third kappa shape index (κ3) is 2.73. The molecule has 1 rings (SSSR count). The summed E-state index contributed by atoms with van der Waals surface area (Å²) in [4.78, 5) is 0. The van der Waals surface area contributed by atoms with Crippen LogP contribution in [0.1, 0.15) is 12.5 Å². The maximum atomic E-state index is 11.2. The molecule has 3 nitrogen and oxygen atoms in total. The van der Waals surface area contributed by atoms with Crippen LogP contribution in [-0.4, -0.2) is 9.96 Å². The van der Waals surface area contributed by atoms with E-state index in [1.165, 1.54) is 0 Å². The molecule has 0 saturated heterocycles. The summed E-state index contributed by atoms with van der Waals surface area (Å²) < 4.78 is 14.1. The summed E-state index contributed by atoms with van der Waals surface area (Å²) in [6.45, 7) is 3.82. The summed E-state index contributed by atoms with van der Waals surface area (Å²) in [7, 11) is -1.00. The molecule has 0 aliphatic heterocycles. The first-order valence-corrected chi connectivity index (χ1v) is 5.46. The Bertz CT molecular complexity index is 325. The standard InChI is InChI=1S/C9H14N2OS/c1-3-13(12)11-9-6-8(10)5-4-7(9)2/h4-6,11H,3,10H2,1-2H3. The zero-order valence-electron chi connectivity index (χ0n) is 7.83. The van der Waals surface area contributed by atoms with Crippen LogP contribution in [0.5, 0.6) is 0 Å². The number of anilines is 2. The minimum absolute atomic E-state index is 0.592. The van der Waals surface area contributed by atoms with Crippen molar-refractivity contribution in [3.05, 3.63) is 23.8 Å². The van der Waals surface area contributed by atoms with Crippen molar-refractivity contribution in [2.45, 2.75) is 13.8 Å². The highest BCUT2D eigenvalue weighted by Gasteiger charge is 2.00. The highest BCUT2D eigenvalue weighted by Crippen LogP contribution is 2.18. The van der Waals surface area contributed by atoms with Crippen molar-refractivity contribution in [2.75, 3.05) is 16.2 Å². The van der Waals surface area contributed by atoms with E-state index in [0.29, 0.717) is 11.4 Å². The molecule has 0 aromatic heterocycles. The predicted molar refractivity (Wildman–Crippen MR) is 57.9 cm³/mol. The van der Waals surface area contributed by atoms with Crippen molar-refractivity contribution in [3.8, 4) is 0 Å². The minimum atomic E-state index is -1.00. The lowest BCUT2D eigenvalue weighted by Crippen LogP contribution is -2.07. The maximum Gasteiger partial charge on any atom is 0.116 e. The number of hydrogen-bond acceptors (Lipinski definition) is 2. The molecule has 0 radical (unpaired) electrons. The van der Waals surface area contributed by atoms with Crippen LogP contribution in [-0.2, 0) is 11.0 Å². The molecule has 0 saturated carbocycles. The summed E-state index contributed by atoms with van der Waals surface area (Å²) in [5.41, 5.74) is 8.19. The van der Waals surface area contributed by atoms with Gasteiger partial charge in [-0.15, -0.1) is 0 Å². The smallest absolute Gasteiger partial charge is 0.116 e. The van der Waals surface area contributed by atoms with Crippen molar-refractivity contribution in [1.82, 2.24) is 0 Å². The van der Waals surface area contributed by atoms with Crippen LogP contribution in [0.2, 0.25) is 0 Å². The fourth-order valence-corrected chi connectivity index (χ4v) is 1.55. The van der Waals surface area contributed by atoms with Crippen molar-refractivity contribution < 1.29 is 4.21 Å². The zero-order valence-corrected chi connectivity index (χ0v) is 8.65. The largest absolute Gasteiger partial charge is 0.399 e. The van der Waals surface area contributed by atoms with Crippen LogP contribution in [0.25, 0.3) is 0 Å². The van der Waals surface area contributed by atoms with Gasteiger partial charge in [0.1, 0.15) is 11.0 Å².